The molecule has 1 unspecified atom stereocenters. The fraction of sp³-hybridized carbons (Fsp3) is 0.909. The minimum absolute atomic E-state index is 0.544. The topological polar surface area (TPSA) is 63.3 Å². The van der Waals surface area contributed by atoms with Crippen LogP contribution in [0, 0.1) is 0 Å². The molecule has 0 aliphatic heterocycles. The van der Waals surface area contributed by atoms with Gasteiger partial charge in [-0.15, -0.1) is 11.8 Å². The zero-order valence-electron chi connectivity index (χ0n) is 9.79. The van der Waals surface area contributed by atoms with Crippen molar-refractivity contribution in [3.63, 3.8) is 0 Å². The van der Waals surface area contributed by atoms with Gasteiger partial charge in [0.2, 0.25) is 0 Å². The van der Waals surface area contributed by atoms with Gasteiger partial charge in [-0.05, 0) is 13.3 Å². The highest BCUT2D eigenvalue weighted by Crippen LogP contribution is 2.30. The highest BCUT2D eigenvalue weighted by molar-refractivity contribution is 8.01. The number of carboxylic acids is 1. The predicted octanol–water partition coefficient (Wildman–Crippen LogP) is 2.49. The molecule has 0 bridgehead atoms. The second-order valence-corrected chi connectivity index (χ2v) is 5.58. The van der Waals surface area contributed by atoms with Gasteiger partial charge in [-0.2, -0.15) is 0 Å². The van der Waals surface area contributed by atoms with Gasteiger partial charge in [0, 0.05) is 12.3 Å². The number of thioether (sulfide) groups is 1. The Kier molecular flexibility index (Phi) is 7.88. The first kappa shape index (κ1) is 14.8. The molecule has 0 spiro atoms. The zero-order chi connectivity index (χ0) is 11.7. The summed E-state index contributed by atoms with van der Waals surface area (Å²) < 4.78 is -0.646. The molecule has 0 fully saturated rings. The number of hydrogen-bond acceptors (Lipinski definition) is 3. The van der Waals surface area contributed by atoms with Crippen LogP contribution in [0.2, 0.25) is 0 Å². The molecule has 0 heterocycles. The summed E-state index contributed by atoms with van der Waals surface area (Å²) in [5.74, 6) is 0.00813. The summed E-state index contributed by atoms with van der Waals surface area (Å²) in [6.07, 6.45) is 5.24. The molecule has 0 amide bonds. The molecule has 4 heteroatoms. The molecule has 3 nitrogen and oxygen atoms in total. The Bertz CT molecular complexity index is 187. The van der Waals surface area contributed by atoms with Crippen LogP contribution in [0.1, 0.15) is 46.0 Å². The summed E-state index contributed by atoms with van der Waals surface area (Å²) in [7, 11) is 0. The summed E-state index contributed by atoms with van der Waals surface area (Å²) in [6, 6.07) is 0. The molecule has 0 aromatic carbocycles. The Morgan fingerprint density at radius 2 is 2.07 bits per heavy atom. The monoisotopic (exact) mass is 233 g/mol. The van der Waals surface area contributed by atoms with E-state index in [-0.39, 0.29) is 0 Å². The lowest BCUT2D eigenvalue weighted by Gasteiger charge is -2.23. The van der Waals surface area contributed by atoms with Crippen molar-refractivity contribution in [1.29, 1.82) is 0 Å². The summed E-state index contributed by atoms with van der Waals surface area (Å²) in [4.78, 5) is 11.1. The lowest BCUT2D eigenvalue weighted by atomic mass is 10.0. The summed E-state index contributed by atoms with van der Waals surface area (Å²) in [5, 5.41) is 9.15. The standard InChI is InChI=1S/C11H23NO2S/c1-3-4-5-6-7-11(2,10(13)14)15-9-8-12/h3-9,12H2,1-2H3,(H,13,14). The first-order valence-corrected chi connectivity index (χ1v) is 6.63. The molecule has 1 atom stereocenters. The maximum atomic E-state index is 11.1. The van der Waals surface area contributed by atoms with E-state index >= 15 is 0 Å². The fourth-order valence-corrected chi connectivity index (χ4v) is 2.39. The van der Waals surface area contributed by atoms with Crippen molar-refractivity contribution < 1.29 is 9.90 Å². The van der Waals surface area contributed by atoms with Crippen molar-refractivity contribution >= 4 is 17.7 Å². The molecule has 0 aromatic rings. The lowest BCUT2D eigenvalue weighted by molar-refractivity contribution is -0.139. The second-order valence-electron chi connectivity index (χ2n) is 3.98. The molecule has 3 N–H and O–H groups in total. The van der Waals surface area contributed by atoms with Crippen molar-refractivity contribution in [3.05, 3.63) is 0 Å². The molecule has 0 saturated carbocycles. The van der Waals surface area contributed by atoms with Crippen LogP contribution in [-0.4, -0.2) is 28.1 Å². The Balaban J connectivity index is 3.96. The summed E-state index contributed by atoms with van der Waals surface area (Å²) >= 11 is 1.47. The van der Waals surface area contributed by atoms with E-state index in [4.69, 9.17) is 10.8 Å². The van der Waals surface area contributed by atoms with Gasteiger partial charge >= 0.3 is 5.97 Å². The van der Waals surface area contributed by atoms with Crippen molar-refractivity contribution in [2.75, 3.05) is 12.3 Å². The maximum absolute atomic E-state index is 11.1. The van der Waals surface area contributed by atoms with E-state index < -0.39 is 10.7 Å². The summed E-state index contributed by atoms with van der Waals surface area (Å²) in [5.41, 5.74) is 5.40. The third kappa shape index (κ3) is 6.05. The number of carbonyl (C=O) groups is 1. The highest BCUT2D eigenvalue weighted by Gasteiger charge is 2.32. The van der Waals surface area contributed by atoms with Gasteiger partial charge in [0.05, 0.1) is 0 Å². The van der Waals surface area contributed by atoms with E-state index in [1.807, 2.05) is 6.92 Å². The Hall–Kier alpha value is -0.220. The van der Waals surface area contributed by atoms with E-state index in [9.17, 15) is 4.79 Å². The predicted molar refractivity (Wildman–Crippen MR) is 66.3 cm³/mol. The molecule has 0 saturated heterocycles. The van der Waals surface area contributed by atoms with E-state index in [1.165, 1.54) is 24.6 Å². The van der Waals surface area contributed by atoms with Gasteiger partial charge < -0.3 is 10.8 Å². The molecule has 90 valence electrons. The first-order valence-electron chi connectivity index (χ1n) is 5.64. The number of aliphatic carboxylic acids is 1. The molecular formula is C11H23NO2S. The highest BCUT2D eigenvalue weighted by atomic mass is 32.2. The Morgan fingerprint density at radius 1 is 1.40 bits per heavy atom. The lowest BCUT2D eigenvalue weighted by Crippen LogP contribution is -2.32. The second kappa shape index (κ2) is 7.99. The molecule has 0 radical (unpaired) electrons. The van der Waals surface area contributed by atoms with Crippen LogP contribution in [0.15, 0.2) is 0 Å². The minimum atomic E-state index is -0.711. The van der Waals surface area contributed by atoms with Crippen LogP contribution in [0.4, 0.5) is 0 Å². The minimum Gasteiger partial charge on any atom is -0.480 e. The van der Waals surface area contributed by atoms with Crippen LogP contribution in [-0.2, 0) is 4.79 Å². The first-order chi connectivity index (χ1) is 7.06. The largest absolute Gasteiger partial charge is 0.480 e. The van der Waals surface area contributed by atoms with Crippen LogP contribution in [0.25, 0.3) is 0 Å². The van der Waals surface area contributed by atoms with E-state index in [0.717, 1.165) is 25.0 Å². The number of rotatable bonds is 9. The van der Waals surface area contributed by atoms with Crippen LogP contribution in [0.3, 0.4) is 0 Å². The van der Waals surface area contributed by atoms with Gasteiger partial charge in [-0.3, -0.25) is 4.79 Å². The van der Waals surface area contributed by atoms with E-state index in [0.29, 0.717) is 6.54 Å². The third-order valence-electron chi connectivity index (χ3n) is 2.50. The maximum Gasteiger partial charge on any atom is 0.319 e. The molecular weight excluding hydrogens is 210 g/mol. The number of hydrogen-bond donors (Lipinski definition) is 2. The van der Waals surface area contributed by atoms with E-state index in [2.05, 4.69) is 6.92 Å². The Morgan fingerprint density at radius 3 is 2.53 bits per heavy atom. The van der Waals surface area contributed by atoms with Crippen LogP contribution < -0.4 is 5.73 Å². The van der Waals surface area contributed by atoms with Crippen molar-refractivity contribution in [3.8, 4) is 0 Å². The molecule has 0 aromatic heterocycles. The van der Waals surface area contributed by atoms with Crippen LogP contribution >= 0.6 is 11.8 Å². The fourth-order valence-electron chi connectivity index (χ4n) is 1.41. The van der Waals surface area contributed by atoms with Gasteiger partial charge in [0.25, 0.3) is 0 Å². The average Bonchev–Trinajstić information content (AvgIpc) is 2.21. The van der Waals surface area contributed by atoms with Gasteiger partial charge in [0.15, 0.2) is 0 Å². The smallest absolute Gasteiger partial charge is 0.319 e. The molecule has 15 heavy (non-hydrogen) atoms. The van der Waals surface area contributed by atoms with Crippen LogP contribution in [0.5, 0.6) is 0 Å². The Labute approximate surface area is 96.8 Å². The molecule has 0 aliphatic rings. The van der Waals surface area contributed by atoms with Crippen molar-refractivity contribution in [2.45, 2.75) is 50.7 Å². The number of carboxylic acid groups (broad SMARTS) is 1. The normalized spacial score (nSPS) is 14.9. The average molecular weight is 233 g/mol. The van der Waals surface area contributed by atoms with Crippen molar-refractivity contribution in [1.82, 2.24) is 0 Å². The molecule has 0 rings (SSSR count). The van der Waals surface area contributed by atoms with Crippen molar-refractivity contribution in [2.24, 2.45) is 5.73 Å². The SMILES string of the molecule is CCCCCCC(C)(SCCN)C(=O)O. The van der Waals surface area contributed by atoms with Gasteiger partial charge in [-0.1, -0.05) is 32.6 Å². The summed E-state index contributed by atoms with van der Waals surface area (Å²) in [6.45, 7) is 4.50. The third-order valence-corrected chi connectivity index (χ3v) is 3.95. The number of nitrogens with two attached hydrogens (primary N) is 1. The zero-order valence-corrected chi connectivity index (χ0v) is 10.6. The molecule has 0 aliphatic carbocycles. The quantitative estimate of drug-likeness (QED) is 0.601. The van der Waals surface area contributed by atoms with Gasteiger partial charge in [0.1, 0.15) is 4.75 Å². The number of unbranched alkanes of at least 4 members (excludes halogenated alkanes) is 3. The van der Waals surface area contributed by atoms with E-state index in [1.54, 1.807) is 0 Å². The van der Waals surface area contributed by atoms with Gasteiger partial charge in [-0.25, -0.2) is 0 Å².